The van der Waals surface area contributed by atoms with Gasteiger partial charge in [0.25, 0.3) is 0 Å². The molecule has 0 aromatic heterocycles. The van der Waals surface area contributed by atoms with Gasteiger partial charge in [0.05, 0.1) is 11.4 Å². The number of aliphatic hydroxyl groups is 1. The predicted octanol–water partition coefficient (Wildman–Crippen LogP) is 1.27. The predicted molar refractivity (Wildman–Crippen MR) is 74.5 cm³/mol. The van der Waals surface area contributed by atoms with Gasteiger partial charge in [-0.15, -0.1) is 0 Å². The Morgan fingerprint density at radius 3 is 2.61 bits per heavy atom. The number of hydrogen-bond donors (Lipinski definition) is 2. The normalized spacial score (nSPS) is 11.3. The van der Waals surface area contributed by atoms with Crippen LogP contribution >= 0.6 is 0 Å². The monoisotopic (exact) mass is 272 g/mol. The molecular weight excluding hydrogens is 252 g/mol. The molecule has 1 aromatic rings. The molecule has 5 nitrogen and oxygen atoms in total. The lowest BCUT2D eigenvalue weighted by Crippen LogP contribution is -2.17. The summed E-state index contributed by atoms with van der Waals surface area (Å²) in [5.74, 6) is 0.0275. The fourth-order valence-electron chi connectivity index (χ4n) is 1.48. The molecule has 102 valence electrons. The van der Waals surface area contributed by atoms with Gasteiger partial charge < -0.3 is 10.0 Å². The van der Waals surface area contributed by atoms with Crippen molar-refractivity contribution >= 4 is 21.4 Å². The number of nitrogens with zero attached hydrogens (tertiary/aromatic N) is 1. The van der Waals surface area contributed by atoms with Crippen molar-refractivity contribution in [2.24, 2.45) is 0 Å². The van der Waals surface area contributed by atoms with E-state index in [9.17, 15) is 8.42 Å². The number of rotatable bonds is 7. The molecule has 0 radical (unpaired) electrons. The highest BCUT2D eigenvalue weighted by molar-refractivity contribution is 7.92. The van der Waals surface area contributed by atoms with Crippen LogP contribution in [0.4, 0.5) is 11.4 Å². The Bertz CT molecular complexity index is 472. The van der Waals surface area contributed by atoms with Crippen LogP contribution in [0.3, 0.4) is 0 Å². The topological polar surface area (TPSA) is 69.6 Å². The Balaban J connectivity index is 2.69. The van der Waals surface area contributed by atoms with Gasteiger partial charge in [0.15, 0.2) is 0 Å². The maximum absolute atomic E-state index is 11.7. The zero-order valence-electron chi connectivity index (χ0n) is 10.8. The molecule has 0 aliphatic heterocycles. The zero-order chi connectivity index (χ0) is 13.6. The van der Waals surface area contributed by atoms with Crippen molar-refractivity contribution in [3.05, 3.63) is 24.3 Å². The number of anilines is 2. The first-order chi connectivity index (χ1) is 8.44. The highest BCUT2D eigenvalue weighted by Crippen LogP contribution is 2.18. The molecule has 6 heteroatoms. The molecule has 0 heterocycles. The van der Waals surface area contributed by atoms with Crippen molar-refractivity contribution in [2.75, 3.05) is 36.1 Å². The molecule has 0 unspecified atom stereocenters. The molecule has 0 aliphatic rings. The number of hydrogen-bond acceptors (Lipinski definition) is 4. The van der Waals surface area contributed by atoms with Crippen LogP contribution in [0.5, 0.6) is 0 Å². The molecule has 0 atom stereocenters. The third kappa shape index (κ3) is 4.93. The minimum atomic E-state index is -3.33. The van der Waals surface area contributed by atoms with Crippen LogP contribution in [-0.4, -0.2) is 40.0 Å². The average Bonchev–Trinajstić information content (AvgIpc) is 2.28. The molecule has 0 bridgehead atoms. The SMILES string of the molecule is CN(C)c1cccc(NS(=O)(=O)CCCCO)c1. The van der Waals surface area contributed by atoms with Gasteiger partial charge in [-0.05, 0) is 31.0 Å². The van der Waals surface area contributed by atoms with E-state index in [0.29, 0.717) is 18.5 Å². The first kappa shape index (κ1) is 14.8. The highest BCUT2D eigenvalue weighted by atomic mass is 32.2. The van der Waals surface area contributed by atoms with Crippen molar-refractivity contribution < 1.29 is 13.5 Å². The van der Waals surface area contributed by atoms with Crippen LogP contribution in [0.2, 0.25) is 0 Å². The van der Waals surface area contributed by atoms with Gasteiger partial charge in [0, 0.05) is 26.4 Å². The Morgan fingerprint density at radius 1 is 1.28 bits per heavy atom. The van der Waals surface area contributed by atoms with E-state index in [2.05, 4.69) is 4.72 Å². The Labute approximate surface area is 108 Å². The molecular formula is C12H20N2O3S. The van der Waals surface area contributed by atoms with Crippen molar-refractivity contribution in [3.8, 4) is 0 Å². The van der Waals surface area contributed by atoms with Crippen LogP contribution in [0.15, 0.2) is 24.3 Å². The molecule has 0 amide bonds. The van der Waals surface area contributed by atoms with Gasteiger partial charge in [-0.25, -0.2) is 8.42 Å². The second-order valence-corrected chi connectivity index (χ2v) is 6.14. The highest BCUT2D eigenvalue weighted by Gasteiger charge is 2.10. The molecule has 0 saturated carbocycles. The maximum atomic E-state index is 11.7. The summed E-state index contributed by atoms with van der Waals surface area (Å²) in [6.45, 7) is 0.0195. The Kier molecular flexibility index (Phi) is 5.43. The number of aliphatic hydroxyl groups excluding tert-OH is 1. The lowest BCUT2D eigenvalue weighted by Gasteiger charge is -2.14. The fraction of sp³-hybridized carbons (Fsp3) is 0.500. The van der Waals surface area contributed by atoms with Crippen molar-refractivity contribution in [3.63, 3.8) is 0 Å². The quantitative estimate of drug-likeness (QED) is 0.733. The van der Waals surface area contributed by atoms with Gasteiger partial charge in [-0.3, -0.25) is 4.72 Å². The van der Waals surface area contributed by atoms with E-state index in [1.54, 1.807) is 18.2 Å². The molecule has 1 rings (SSSR count). The number of unbranched alkanes of at least 4 members (excludes halogenated alkanes) is 1. The summed E-state index contributed by atoms with van der Waals surface area (Å²) >= 11 is 0. The van der Waals surface area contributed by atoms with Gasteiger partial charge in [0.1, 0.15) is 0 Å². The molecule has 0 spiro atoms. The summed E-state index contributed by atoms with van der Waals surface area (Å²) in [7, 11) is 0.466. The van der Waals surface area contributed by atoms with Crippen molar-refractivity contribution in [2.45, 2.75) is 12.8 Å². The second kappa shape index (κ2) is 6.61. The molecule has 1 aromatic carbocycles. The number of benzene rings is 1. The van der Waals surface area contributed by atoms with Gasteiger partial charge in [-0.2, -0.15) is 0 Å². The summed E-state index contributed by atoms with van der Waals surface area (Å²) in [5.41, 5.74) is 1.50. The summed E-state index contributed by atoms with van der Waals surface area (Å²) in [6, 6.07) is 7.21. The minimum Gasteiger partial charge on any atom is -0.396 e. The van der Waals surface area contributed by atoms with Gasteiger partial charge in [0.2, 0.25) is 10.0 Å². The second-order valence-electron chi connectivity index (χ2n) is 4.30. The largest absolute Gasteiger partial charge is 0.396 e. The van der Waals surface area contributed by atoms with E-state index in [1.807, 2.05) is 25.1 Å². The maximum Gasteiger partial charge on any atom is 0.232 e. The molecule has 0 saturated heterocycles. The Hall–Kier alpha value is -1.27. The number of sulfonamides is 1. The molecule has 18 heavy (non-hydrogen) atoms. The third-order valence-corrected chi connectivity index (χ3v) is 3.83. The van der Waals surface area contributed by atoms with Crippen LogP contribution < -0.4 is 9.62 Å². The Morgan fingerprint density at radius 2 is 2.00 bits per heavy atom. The smallest absolute Gasteiger partial charge is 0.232 e. The van der Waals surface area contributed by atoms with Crippen LogP contribution in [0.25, 0.3) is 0 Å². The van der Waals surface area contributed by atoms with Gasteiger partial charge in [-0.1, -0.05) is 6.07 Å². The standard InChI is InChI=1S/C12H20N2O3S/c1-14(2)12-7-5-6-11(10-12)13-18(16,17)9-4-3-8-15/h5-7,10,13,15H,3-4,8-9H2,1-2H3. The summed E-state index contributed by atoms with van der Waals surface area (Å²) < 4.78 is 26.0. The van der Waals surface area contributed by atoms with Gasteiger partial charge >= 0.3 is 0 Å². The van der Waals surface area contributed by atoms with Crippen LogP contribution in [-0.2, 0) is 10.0 Å². The van der Waals surface area contributed by atoms with E-state index in [1.165, 1.54) is 0 Å². The fourth-order valence-corrected chi connectivity index (χ4v) is 2.65. The number of nitrogens with one attached hydrogen (secondary N) is 1. The summed E-state index contributed by atoms with van der Waals surface area (Å²) in [6.07, 6.45) is 0.956. The van der Waals surface area contributed by atoms with E-state index in [4.69, 9.17) is 5.11 Å². The minimum absolute atomic E-state index is 0.0195. The molecule has 2 N–H and O–H groups in total. The van der Waals surface area contributed by atoms with E-state index in [0.717, 1.165) is 5.69 Å². The summed E-state index contributed by atoms with van der Waals surface area (Å²) in [4.78, 5) is 1.91. The molecule has 0 aliphatic carbocycles. The first-order valence-corrected chi connectivity index (χ1v) is 7.48. The summed E-state index contributed by atoms with van der Waals surface area (Å²) in [5, 5.41) is 8.63. The zero-order valence-corrected chi connectivity index (χ0v) is 11.6. The third-order valence-electron chi connectivity index (χ3n) is 2.46. The van der Waals surface area contributed by atoms with Crippen molar-refractivity contribution in [1.82, 2.24) is 0 Å². The molecule has 0 fully saturated rings. The van der Waals surface area contributed by atoms with Crippen LogP contribution in [0.1, 0.15) is 12.8 Å². The lowest BCUT2D eigenvalue weighted by atomic mass is 10.3. The first-order valence-electron chi connectivity index (χ1n) is 5.83. The van der Waals surface area contributed by atoms with Crippen LogP contribution in [0, 0.1) is 0 Å². The van der Waals surface area contributed by atoms with E-state index < -0.39 is 10.0 Å². The van der Waals surface area contributed by atoms with Crippen molar-refractivity contribution in [1.29, 1.82) is 0 Å². The van der Waals surface area contributed by atoms with E-state index in [-0.39, 0.29) is 12.4 Å². The van der Waals surface area contributed by atoms with E-state index >= 15 is 0 Å². The average molecular weight is 272 g/mol. The lowest BCUT2D eigenvalue weighted by molar-refractivity contribution is 0.287.